The van der Waals surface area contributed by atoms with Gasteiger partial charge in [-0.1, -0.05) is 5.92 Å². The van der Waals surface area contributed by atoms with Crippen molar-refractivity contribution < 1.29 is 99.2 Å². The van der Waals surface area contributed by atoms with Crippen LogP contribution in [0, 0.1) is 12.3 Å². The van der Waals surface area contributed by atoms with Crippen molar-refractivity contribution in [1.29, 1.82) is 0 Å². The van der Waals surface area contributed by atoms with Gasteiger partial charge in [-0.05, 0) is 0 Å². The Morgan fingerprint density at radius 3 is 1.67 bits per heavy atom. The summed E-state index contributed by atoms with van der Waals surface area (Å²) >= 11 is 0. The summed E-state index contributed by atoms with van der Waals surface area (Å²) in [6.45, 7) is -3.39. The largest absolute Gasteiger partial charge is 0.394 e. The van der Waals surface area contributed by atoms with Crippen LogP contribution in [0.5, 0.6) is 0 Å². The van der Waals surface area contributed by atoms with Gasteiger partial charge in [0.15, 0.2) is 25.2 Å². The smallest absolute Gasteiger partial charge is 0.187 e. The van der Waals surface area contributed by atoms with Crippen molar-refractivity contribution in [2.75, 3.05) is 33.0 Å². The van der Waals surface area contributed by atoms with Gasteiger partial charge >= 0.3 is 0 Å². The predicted octanol–water partition coefficient (Wildman–Crippen LogP) is -8.45. The molecule has 4 heterocycles. The molecule has 12 N–H and O–H groups in total. The SMILES string of the molecule is C#CCO[C@@H]1O[C@H](CO)[C@@H](O[C@H]2O[C@H](CO)[C@H](O)[C@H](O[C@@H]3OC[C@@H](O)[C@H](O)[C@H]3O)[C@H]2O[C@@H]2O[C@H](CO)[C@@H](O)[C@H](O)[C@H]2O)[C@H](O)[C@H]1O. The summed E-state index contributed by atoms with van der Waals surface area (Å²) < 4.78 is 44.6. The molecule has 0 unspecified atom stereocenters. The Morgan fingerprint density at radius 1 is 0.522 bits per heavy atom. The minimum atomic E-state index is -2.00. The van der Waals surface area contributed by atoms with Crippen LogP contribution in [0.25, 0.3) is 0 Å². The number of aliphatic hydroxyl groups is 12. The highest BCUT2D eigenvalue weighted by atomic mass is 16.8. The zero-order chi connectivity index (χ0) is 33.9. The quantitative estimate of drug-likeness (QED) is 0.0905. The molecule has 0 aliphatic carbocycles. The van der Waals surface area contributed by atoms with Gasteiger partial charge in [-0.25, -0.2) is 0 Å². The molecule has 46 heavy (non-hydrogen) atoms. The lowest BCUT2D eigenvalue weighted by Crippen LogP contribution is -2.68. The summed E-state index contributed by atoms with van der Waals surface area (Å²) in [5.74, 6) is 2.16. The molecule has 4 fully saturated rings. The monoisotopic (exact) mass is 674 g/mol. The third kappa shape index (κ3) is 7.80. The standard InChI is InChI=1S/C26H42O20/c1-2-3-39-23-19(38)16(35)20(11(6-29)43-23)44-26-22(46-25-18(37)15(34)13(32)9(4-27)41-25)21(14(33)10(5-28)42-26)45-24-17(36)12(31)8(30)7-40-24/h1,8-38H,3-7H2/t8-,9-,10-,11-,12+,13-,14+,15+,16-,17-,18-,19-,20-,21+,22-,23-,24+,25+,26-/m1/s1. The first-order chi connectivity index (χ1) is 21.9. The molecule has 4 saturated heterocycles. The van der Waals surface area contributed by atoms with Crippen LogP contribution in [0.2, 0.25) is 0 Å². The van der Waals surface area contributed by atoms with Gasteiger partial charge < -0.3 is 99.2 Å². The summed E-state index contributed by atoms with van der Waals surface area (Å²) in [5.41, 5.74) is 0. The van der Waals surface area contributed by atoms with E-state index in [2.05, 4.69) is 5.92 Å². The Hall–Kier alpha value is -1.24. The molecular weight excluding hydrogens is 632 g/mol. The fourth-order valence-corrected chi connectivity index (χ4v) is 5.48. The molecule has 0 amide bonds. The van der Waals surface area contributed by atoms with Gasteiger partial charge in [-0.3, -0.25) is 0 Å². The maximum Gasteiger partial charge on any atom is 0.187 e. The lowest BCUT2D eigenvalue weighted by atomic mass is 9.95. The highest BCUT2D eigenvalue weighted by Gasteiger charge is 2.56. The lowest BCUT2D eigenvalue weighted by Gasteiger charge is -2.50. The van der Waals surface area contributed by atoms with Crippen molar-refractivity contribution in [3.63, 3.8) is 0 Å². The van der Waals surface area contributed by atoms with Gasteiger partial charge in [0.1, 0.15) is 98.2 Å². The van der Waals surface area contributed by atoms with Crippen molar-refractivity contribution >= 4 is 0 Å². The van der Waals surface area contributed by atoms with Crippen molar-refractivity contribution in [2.45, 2.75) is 117 Å². The van der Waals surface area contributed by atoms with Gasteiger partial charge in [0.2, 0.25) is 0 Å². The third-order valence-electron chi connectivity index (χ3n) is 8.13. The Labute approximate surface area is 261 Å². The van der Waals surface area contributed by atoms with E-state index in [0.717, 1.165) is 0 Å². The van der Waals surface area contributed by atoms with Crippen LogP contribution < -0.4 is 0 Å². The molecule has 20 heteroatoms. The van der Waals surface area contributed by atoms with Gasteiger partial charge in [0, 0.05) is 0 Å². The van der Waals surface area contributed by atoms with Gasteiger partial charge in [-0.15, -0.1) is 6.42 Å². The van der Waals surface area contributed by atoms with Crippen LogP contribution in [0.3, 0.4) is 0 Å². The van der Waals surface area contributed by atoms with E-state index in [0.29, 0.717) is 0 Å². The van der Waals surface area contributed by atoms with Crippen LogP contribution in [0.4, 0.5) is 0 Å². The number of hydrogen-bond acceptors (Lipinski definition) is 20. The Bertz CT molecular complexity index is 982. The molecule has 0 saturated carbocycles. The van der Waals surface area contributed by atoms with E-state index in [9.17, 15) is 61.3 Å². The summed E-state index contributed by atoms with van der Waals surface area (Å²) in [4.78, 5) is 0. The first kappa shape index (κ1) is 37.6. The van der Waals surface area contributed by atoms with Gasteiger partial charge in [0.25, 0.3) is 0 Å². The maximum absolute atomic E-state index is 11.1. The van der Waals surface area contributed by atoms with E-state index < -0.39 is 143 Å². The number of ether oxygens (including phenoxy) is 8. The topological polar surface area (TPSA) is 317 Å². The first-order valence-electron chi connectivity index (χ1n) is 14.4. The zero-order valence-electron chi connectivity index (χ0n) is 24.2. The first-order valence-corrected chi connectivity index (χ1v) is 14.4. The zero-order valence-corrected chi connectivity index (χ0v) is 24.2. The van der Waals surface area contributed by atoms with Crippen LogP contribution >= 0.6 is 0 Å². The highest BCUT2D eigenvalue weighted by Crippen LogP contribution is 2.35. The average Bonchev–Trinajstić information content (AvgIpc) is 3.05. The molecule has 4 aliphatic heterocycles. The predicted molar refractivity (Wildman–Crippen MR) is 140 cm³/mol. The van der Waals surface area contributed by atoms with Crippen LogP contribution in [-0.4, -0.2) is 211 Å². The molecule has 4 rings (SSSR count). The molecule has 0 aromatic rings. The molecule has 4 aliphatic rings. The molecule has 0 aromatic carbocycles. The second-order valence-electron chi connectivity index (χ2n) is 11.2. The summed E-state index contributed by atoms with van der Waals surface area (Å²) in [6.07, 6.45) is -27.9. The molecule has 0 radical (unpaired) electrons. The van der Waals surface area contributed by atoms with Crippen LogP contribution in [0.1, 0.15) is 0 Å². The molecule has 0 spiro atoms. The second kappa shape index (κ2) is 16.4. The van der Waals surface area contributed by atoms with Crippen LogP contribution in [-0.2, 0) is 37.9 Å². The number of terminal acetylenes is 1. The van der Waals surface area contributed by atoms with Crippen molar-refractivity contribution in [3.8, 4) is 12.3 Å². The number of rotatable bonds is 11. The third-order valence-corrected chi connectivity index (χ3v) is 8.13. The van der Waals surface area contributed by atoms with E-state index in [-0.39, 0.29) is 6.61 Å². The molecule has 20 nitrogen and oxygen atoms in total. The summed E-state index contributed by atoms with van der Waals surface area (Å²) in [6, 6.07) is 0. The fraction of sp³-hybridized carbons (Fsp3) is 0.923. The normalized spacial score (nSPS) is 50.2. The molecule has 266 valence electrons. The van der Waals surface area contributed by atoms with Gasteiger partial charge in [-0.2, -0.15) is 0 Å². The van der Waals surface area contributed by atoms with E-state index in [1.54, 1.807) is 0 Å². The highest BCUT2D eigenvalue weighted by molar-refractivity contribution is 4.98. The number of aliphatic hydroxyl groups excluding tert-OH is 12. The van der Waals surface area contributed by atoms with E-state index in [4.69, 9.17) is 44.3 Å². The maximum atomic E-state index is 11.1. The second-order valence-corrected chi connectivity index (χ2v) is 11.2. The molecular formula is C26H42O20. The van der Waals surface area contributed by atoms with E-state index in [1.807, 2.05) is 0 Å². The van der Waals surface area contributed by atoms with E-state index in [1.165, 1.54) is 0 Å². The van der Waals surface area contributed by atoms with E-state index >= 15 is 0 Å². The van der Waals surface area contributed by atoms with Crippen LogP contribution in [0.15, 0.2) is 0 Å². The summed E-state index contributed by atoms with van der Waals surface area (Å²) in [7, 11) is 0. The Balaban J connectivity index is 1.67. The van der Waals surface area contributed by atoms with Crippen molar-refractivity contribution in [2.24, 2.45) is 0 Å². The summed E-state index contributed by atoms with van der Waals surface area (Å²) in [5, 5.41) is 124. The van der Waals surface area contributed by atoms with Gasteiger partial charge in [0.05, 0.1) is 26.4 Å². The Kier molecular flexibility index (Phi) is 13.4. The molecule has 0 bridgehead atoms. The lowest BCUT2D eigenvalue weighted by molar-refractivity contribution is -0.402. The number of hydrogen-bond donors (Lipinski definition) is 12. The minimum Gasteiger partial charge on any atom is -0.394 e. The Morgan fingerprint density at radius 2 is 1.04 bits per heavy atom. The minimum absolute atomic E-state index is 0.325. The molecule has 19 atom stereocenters. The fourth-order valence-electron chi connectivity index (χ4n) is 5.48. The average molecular weight is 675 g/mol. The molecule has 0 aromatic heterocycles. The van der Waals surface area contributed by atoms with Crippen molar-refractivity contribution in [3.05, 3.63) is 0 Å². The van der Waals surface area contributed by atoms with Crippen molar-refractivity contribution in [1.82, 2.24) is 0 Å².